The van der Waals surface area contributed by atoms with Crippen molar-refractivity contribution in [3.8, 4) is 0 Å². The summed E-state index contributed by atoms with van der Waals surface area (Å²) in [7, 11) is 0. The lowest BCUT2D eigenvalue weighted by molar-refractivity contribution is 1.16. The molecule has 26 heavy (non-hydrogen) atoms. The van der Waals surface area contributed by atoms with E-state index in [4.69, 9.17) is 23.2 Å². The standard InChI is InChI=1S/C19H13Cl2N5/c20-13-8-14(21)10-15(9-13)25-19-22-6-5-18(26-19)24-16-7-12-3-1-2-4-17(12)23-11-16/h1-11H,(H2,22,24,25,26). The maximum absolute atomic E-state index is 6.02. The van der Waals surface area contributed by atoms with E-state index in [1.165, 1.54) is 0 Å². The monoisotopic (exact) mass is 381 g/mol. The molecular weight excluding hydrogens is 369 g/mol. The van der Waals surface area contributed by atoms with Gasteiger partial charge in [-0.3, -0.25) is 4.98 Å². The van der Waals surface area contributed by atoms with Gasteiger partial charge in [-0.05, 0) is 36.4 Å². The molecule has 4 aromatic rings. The van der Waals surface area contributed by atoms with Crippen LogP contribution in [0.1, 0.15) is 0 Å². The second kappa shape index (κ2) is 7.15. The molecule has 2 aromatic carbocycles. The number of rotatable bonds is 4. The molecular formula is C19H13Cl2N5. The van der Waals surface area contributed by atoms with Gasteiger partial charge >= 0.3 is 0 Å². The van der Waals surface area contributed by atoms with E-state index in [1.54, 1.807) is 36.7 Å². The zero-order chi connectivity index (χ0) is 17.9. The van der Waals surface area contributed by atoms with Gasteiger partial charge in [0.2, 0.25) is 5.95 Å². The number of nitrogens with one attached hydrogen (secondary N) is 2. The fourth-order valence-electron chi connectivity index (χ4n) is 2.53. The van der Waals surface area contributed by atoms with Gasteiger partial charge in [0.1, 0.15) is 5.82 Å². The van der Waals surface area contributed by atoms with Crippen molar-refractivity contribution in [2.24, 2.45) is 0 Å². The van der Waals surface area contributed by atoms with Crippen molar-refractivity contribution in [3.63, 3.8) is 0 Å². The summed E-state index contributed by atoms with van der Waals surface area (Å²) >= 11 is 12.0. The van der Waals surface area contributed by atoms with Crippen molar-refractivity contribution in [1.82, 2.24) is 15.0 Å². The zero-order valence-corrected chi connectivity index (χ0v) is 15.0. The van der Waals surface area contributed by atoms with E-state index in [1.807, 2.05) is 30.3 Å². The predicted molar refractivity (Wildman–Crippen MR) is 107 cm³/mol. The number of hydrogen-bond acceptors (Lipinski definition) is 5. The highest BCUT2D eigenvalue weighted by molar-refractivity contribution is 6.35. The lowest BCUT2D eigenvalue weighted by Crippen LogP contribution is -2.00. The molecule has 4 rings (SSSR count). The molecule has 0 atom stereocenters. The molecule has 0 radical (unpaired) electrons. The molecule has 2 heterocycles. The van der Waals surface area contributed by atoms with Gasteiger partial charge in [0, 0.05) is 27.3 Å². The largest absolute Gasteiger partial charge is 0.339 e. The van der Waals surface area contributed by atoms with Crippen LogP contribution in [0.5, 0.6) is 0 Å². The number of pyridine rings is 1. The first kappa shape index (κ1) is 16.6. The Bertz CT molecular complexity index is 1060. The third kappa shape index (κ3) is 3.85. The van der Waals surface area contributed by atoms with Crippen LogP contribution in [0.25, 0.3) is 10.9 Å². The average Bonchev–Trinajstić information content (AvgIpc) is 2.61. The third-order valence-electron chi connectivity index (χ3n) is 3.64. The molecule has 0 amide bonds. The molecule has 0 aliphatic heterocycles. The van der Waals surface area contributed by atoms with Crippen LogP contribution in [0.2, 0.25) is 10.0 Å². The normalized spacial score (nSPS) is 10.7. The first-order valence-electron chi connectivity index (χ1n) is 7.84. The van der Waals surface area contributed by atoms with Crippen LogP contribution in [0.3, 0.4) is 0 Å². The molecule has 0 fully saturated rings. The van der Waals surface area contributed by atoms with E-state index in [9.17, 15) is 0 Å². The zero-order valence-electron chi connectivity index (χ0n) is 13.4. The molecule has 0 bridgehead atoms. The topological polar surface area (TPSA) is 62.7 Å². The molecule has 7 heteroatoms. The van der Waals surface area contributed by atoms with E-state index in [-0.39, 0.29) is 0 Å². The van der Waals surface area contributed by atoms with Crippen LogP contribution < -0.4 is 10.6 Å². The summed E-state index contributed by atoms with van der Waals surface area (Å²) in [6.45, 7) is 0. The number of para-hydroxylation sites is 1. The fourth-order valence-corrected chi connectivity index (χ4v) is 3.06. The number of nitrogens with zero attached hydrogens (tertiary/aromatic N) is 3. The van der Waals surface area contributed by atoms with Gasteiger partial charge in [0.25, 0.3) is 0 Å². The number of benzene rings is 2. The van der Waals surface area contributed by atoms with Crippen LogP contribution >= 0.6 is 23.2 Å². The molecule has 5 nitrogen and oxygen atoms in total. The molecule has 2 aromatic heterocycles. The minimum Gasteiger partial charge on any atom is -0.339 e. The SMILES string of the molecule is Clc1cc(Cl)cc(Nc2nccc(Nc3cnc4ccccc4c3)n2)c1. The van der Waals surface area contributed by atoms with Crippen molar-refractivity contribution >= 4 is 57.2 Å². The molecule has 128 valence electrons. The lowest BCUT2D eigenvalue weighted by Gasteiger charge is -2.09. The molecule has 0 saturated carbocycles. The Morgan fingerprint density at radius 2 is 1.58 bits per heavy atom. The Kier molecular flexibility index (Phi) is 4.56. The Morgan fingerprint density at radius 3 is 2.42 bits per heavy atom. The van der Waals surface area contributed by atoms with E-state index >= 15 is 0 Å². The Balaban J connectivity index is 1.56. The van der Waals surface area contributed by atoms with Crippen LogP contribution in [0.4, 0.5) is 23.1 Å². The van der Waals surface area contributed by atoms with Gasteiger partial charge < -0.3 is 10.6 Å². The van der Waals surface area contributed by atoms with Crippen LogP contribution in [0, 0.1) is 0 Å². The Hall–Kier alpha value is -2.89. The van der Waals surface area contributed by atoms with Gasteiger partial charge in [-0.2, -0.15) is 4.98 Å². The number of aromatic nitrogens is 3. The van der Waals surface area contributed by atoms with E-state index in [0.29, 0.717) is 27.5 Å². The van der Waals surface area contributed by atoms with Gasteiger partial charge in [0.15, 0.2) is 0 Å². The summed E-state index contributed by atoms with van der Waals surface area (Å²) in [5.41, 5.74) is 2.51. The second-order valence-corrected chi connectivity index (χ2v) is 6.46. The maximum atomic E-state index is 6.02. The van der Waals surface area contributed by atoms with Crippen molar-refractivity contribution in [2.45, 2.75) is 0 Å². The number of halogens is 2. The van der Waals surface area contributed by atoms with Crippen LogP contribution in [-0.2, 0) is 0 Å². The lowest BCUT2D eigenvalue weighted by atomic mass is 10.2. The first-order valence-corrected chi connectivity index (χ1v) is 8.59. The van der Waals surface area contributed by atoms with E-state index < -0.39 is 0 Å². The third-order valence-corrected chi connectivity index (χ3v) is 4.07. The molecule has 0 aliphatic rings. The smallest absolute Gasteiger partial charge is 0.229 e. The van der Waals surface area contributed by atoms with Crippen molar-refractivity contribution < 1.29 is 0 Å². The summed E-state index contributed by atoms with van der Waals surface area (Å²) < 4.78 is 0. The minimum atomic E-state index is 0.432. The van der Waals surface area contributed by atoms with Crippen molar-refractivity contribution in [3.05, 3.63) is 77.0 Å². The molecule has 0 saturated heterocycles. The summed E-state index contributed by atoms with van der Waals surface area (Å²) in [6.07, 6.45) is 3.44. The molecule has 0 spiro atoms. The van der Waals surface area contributed by atoms with Gasteiger partial charge in [0.05, 0.1) is 17.4 Å². The summed E-state index contributed by atoms with van der Waals surface area (Å²) in [5, 5.41) is 8.46. The molecule has 0 aliphatic carbocycles. The second-order valence-electron chi connectivity index (χ2n) is 5.59. The number of anilines is 4. The van der Waals surface area contributed by atoms with Crippen molar-refractivity contribution in [2.75, 3.05) is 10.6 Å². The Labute approximate surface area is 160 Å². The minimum absolute atomic E-state index is 0.432. The number of fused-ring (bicyclic) bond motifs is 1. The molecule has 2 N–H and O–H groups in total. The first-order chi connectivity index (χ1) is 12.7. The maximum Gasteiger partial charge on any atom is 0.229 e. The average molecular weight is 382 g/mol. The highest BCUT2D eigenvalue weighted by atomic mass is 35.5. The van der Waals surface area contributed by atoms with Crippen molar-refractivity contribution in [1.29, 1.82) is 0 Å². The predicted octanol–water partition coefficient (Wildman–Crippen LogP) is 5.82. The van der Waals surface area contributed by atoms with Gasteiger partial charge in [-0.15, -0.1) is 0 Å². The van der Waals surface area contributed by atoms with Crippen LogP contribution in [-0.4, -0.2) is 15.0 Å². The molecule has 0 unspecified atom stereocenters. The van der Waals surface area contributed by atoms with Gasteiger partial charge in [-0.25, -0.2) is 4.98 Å². The van der Waals surface area contributed by atoms with Gasteiger partial charge in [-0.1, -0.05) is 41.4 Å². The highest BCUT2D eigenvalue weighted by Gasteiger charge is 2.04. The van der Waals surface area contributed by atoms with E-state index in [2.05, 4.69) is 25.6 Å². The highest BCUT2D eigenvalue weighted by Crippen LogP contribution is 2.25. The van der Waals surface area contributed by atoms with Crippen LogP contribution in [0.15, 0.2) is 67.0 Å². The van der Waals surface area contributed by atoms with E-state index in [0.717, 1.165) is 16.6 Å². The summed E-state index contributed by atoms with van der Waals surface area (Å²) in [6, 6.07) is 16.9. The number of hydrogen-bond donors (Lipinski definition) is 2. The summed E-state index contributed by atoms with van der Waals surface area (Å²) in [5.74, 6) is 1.08. The Morgan fingerprint density at radius 1 is 0.769 bits per heavy atom. The summed E-state index contributed by atoms with van der Waals surface area (Å²) in [4.78, 5) is 13.1. The fraction of sp³-hybridized carbons (Fsp3) is 0. The quantitative estimate of drug-likeness (QED) is 0.466.